The van der Waals surface area contributed by atoms with Crippen molar-refractivity contribution in [3.8, 4) is 0 Å². The third-order valence-corrected chi connectivity index (χ3v) is 1.49. The Balaban J connectivity index is 0. The largest absolute Gasteiger partial charge is 0.394 e. The van der Waals surface area contributed by atoms with Crippen LogP contribution in [-0.4, -0.2) is 48.3 Å². The van der Waals surface area contributed by atoms with E-state index in [2.05, 4.69) is 20.8 Å². The lowest BCUT2D eigenvalue weighted by molar-refractivity contribution is -0.0620. The van der Waals surface area contributed by atoms with Gasteiger partial charge in [0.15, 0.2) is 0 Å². The van der Waals surface area contributed by atoms with E-state index in [4.69, 9.17) is 19.7 Å². The van der Waals surface area contributed by atoms with Crippen molar-refractivity contribution >= 4 is 0 Å². The Kier molecular flexibility index (Phi) is 13.9. The number of ether oxygens (including phenoxy) is 2. The van der Waals surface area contributed by atoms with E-state index in [0.717, 1.165) is 5.92 Å². The van der Waals surface area contributed by atoms with E-state index in [-0.39, 0.29) is 18.8 Å². The Morgan fingerprint density at radius 1 is 0.824 bits per heavy atom. The van der Waals surface area contributed by atoms with Crippen LogP contribution in [0.4, 0.5) is 0 Å². The van der Waals surface area contributed by atoms with Gasteiger partial charge in [0.1, 0.15) is 0 Å². The highest BCUT2D eigenvalue weighted by molar-refractivity contribution is 4.52. The van der Waals surface area contributed by atoms with Crippen LogP contribution < -0.4 is 0 Å². The first kappa shape index (κ1) is 19.2. The Hall–Kier alpha value is -0.160. The molecule has 0 aromatic carbocycles. The lowest BCUT2D eigenvalue weighted by Gasteiger charge is -2.16. The molecule has 0 rings (SSSR count). The zero-order valence-corrected chi connectivity index (χ0v) is 12.1. The molecule has 0 saturated carbocycles. The van der Waals surface area contributed by atoms with Crippen molar-refractivity contribution in [3.63, 3.8) is 0 Å². The second-order valence-electron chi connectivity index (χ2n) is 5.05. The fourth-order valence-electron chi connectivity index (χ4n) is 0.704. The molecule has 0 aliphatic rings. The lowest BCUT2D eigenvalue weighted by Crippen LogP contribution is -2.24. The molecule has 0 amide bonds. The van der Waals surface area contributed by atoms with Gasteiger partial charge in [0, 0.05) is 0 Å². The van der Waals surface area contributed by atoms with E-state index in [1.165, 1.54) is 0 Å². The molecule has 0 fully saturated rings. The van der Waals surface area contributed by atoms with E-state index in [1.807, 2.05) is 6.92 Å². The standard InChI is InChI=1S/C9H20O4.C4H10/c1-7(11)5-12-9(3)6-13-8(2)4-10;1-4(2)3/h7-11H,4-6H2,1-3H3;4H,1-3H3. The first-order valence-electron chi connectivity index (χ1n) is 6.31. The molecule has 106 valence electrons. The summed E-state index contributed by atoms with van der Waals surface area (Å²) in [6.07, 6.45) is -0.654. The van der Waals surface area contributed by atoms with Gasteiger partial charge in [0.05, 0.1) is 38.1 Å². The summed E-state index contributed by atoms with van der Waals surface area (Å²) < 4.78 is 10.5. The highest BCUT2D eigenvalue weighted by Gasteiger charge is 2.06. The zero-order chi connectivity index (χ0) is 13.8. The minimum atomic E-state index is -0.447. The van der Waals surface area contributed by atoms with Gasteiger partial charge < -0.3 is 19.7 Å². The predicted octanol–water partition coefficient (Wildman–Crippen LogP) is 1.83. The summed E-state index contributed by atoms with van der Waals surface area (Å²) in [5.41, 5.74) is 0. The fourth-order valence-corrected chi connectivity index (χ4v) is 0.704. The smallest absolute Gasteiger partial charge is 0.0781 e. The average Bonchev–Trinajstić information content (AvgIpc) is 2.22. The molecule has 0 heterocycles. The van der Waals surface area contributed by atoms with Crippen molar-refractivity contribution in [2.75, 3.05) is 19.8 Å². The molecule has 0 bridgehead atoms. The molecule has 17 heavy (non-hydrogen) atoms. The van der Waals surface area contributed by atoms with Crippen LogP contribution in [0.15, 0.2) is 0 Å². The quantitative estimate of drug-likeness (QED) is 0.724. The molecule has 4 heteroatoms. The topological polar surface area (TPSA) is 58.9 Å². The second kappa shape index (κ2) is 12.3. The van der Waals surface area contributed by atoms with Crippen LogP contribution in [0.25, 0.3) is 0 Å². The van der Waals surface area contributed by atoms with Gasteiger partial charge in [-0.05, 0) is 26.7 Å². The summed E-state index contributed by atoms with van der Waals surface area (Å²) in [6.45, 7) is 12.6. The van der Waals surface area contributed by atoms with Gasteiger partial charge in [0.25, 0.3) is 0 Å². The normalized spacial score (nSPS) is 16.1. The lowest BCUT2D eigenvalue weighted by atomic mass is 10.3. The van der Waals surface area contributed by atoms with E-state index in [9.17, 15) is 0 Å². The fraction of sp³-hybridized carbons (Fsp3) is 1.00. The van der Waals surface area contributed by atoms with Gasteiger partial charge in [-0.1, -0.05) is 20.8 Å². The molecule has 0 spiro atoms. The molecule has 3 unspecified atom stereocenters. The van der Waals surface area contributed by atoms with E-state index in [1.54, 1.807) is 13.8 Å². The minimum absolute atomic E-state index is 0.0170. The van der Waals surface area contributed by atoms with Gasteiger partial charge in [-0.15, -0.1) is 0 Å². The van der Waals surface area contributed by atoms with Crippen molar-refractivity contribution in [1.82, 2.24) is 0 Å². The van der Waals surface area contributed by atoms with Crippen molar-refractivity contribution < 1.29 is 19.7 Å². The molecular weight excluding hydrogens is 220 g/mol. The van der Waals surface area contributed by atoms with Crippen LogP contribution in [0.3, 0.4) is 0 Å². The molecule has 3 atom stereocenters. The summed E-state index contributed by atoms with van der Waals surface area (Å²) in [5.74, 6) is 0.833. The maximum Gasteiger partial charge on any atom is 0.0781 e. The van der Waals surface area contributed by atoms with Crippen LogP contribution in [-0.2, 0) is 9.47 Å². The molecule has 2 N–H and O–H groups in total. The Labute approximate surface area is 106 Å². The first-order chi connectivity index (χ1) is 7.79. The van der Waals surface area contributed by atoms with Gasteiger partial charge >= 0.3 is 0 Å². The number of aliphatic hydroxyl groups is 2. The van der Waals surface area contributed by atoms with Crippen LogP contribution in [0, 0.1) is 5.92 Å². The maximum absolute atomic E-state index is 8.92. The van der Waals surface area contributed by atoms with Crippen LogP contribution in [0.2, 0.25) is 0 Å². The van der Waals surface area contributed by atoms with Crippen molar-refractivity contribution in [2.45, 2.75) is 59.9 Å². The monoisotopic (exact) mass is 250 g/mol. The number of aliphatic hydroxyl groups excluding tert-OH is 2. The van der Waals surface area contributed by atoms with E-state index >= 15 is 0 Å². The third-order valence-electron chi connectivity index (χ3n) is 1.49. The Bertz CT molecular complexity index is 146. The van der Waals surface area contributed by atoms with Crippen LogP contribution in [0.5, 0.6) is 0 Å². The SMILES string of the molecule is CC(C)C.CC(O)COC(C)COC(C)CO. The highest BCUT2D eigenvalue weighted by atomic mass is 16.5. The molecule has 0 aliphatic carbocycles. The van der Waals surface area contributed by atoms with Gasteiger partial charge in [-0.3, -0.25) is 0 Å². The summed E-state index contributed by atoms with van der Waals surface area (Å²) in [4.78, 5) is 0. The first-order valence-corrected chi connectivity index (χ1v) is 6.31. The summed E-state index contributed by atoms with van der Waals surface area (Å²) in [7, 11) is 0. The molecular formula is C13H30O4. The number of hydrogen-bond acceptors (Lipinski definition) is 4. The molecule has 0 saturated heterocycles. The van der Waals surface area contributed by atoms with Gasteiger partial charge in [-0.25, -0.2) is 0 Å². The minimum Gasteiger partial charge on any atom is -0.394 e. The number of hydrogen-bond donors (Lipinski definition) is 2. The Morgan fingerprint density at radius 3 is 1.59 bits per heavy atom. The van der Waals surface area contributed by atoms with Gasteiger partial charge in [-0.2, -0.15) is 0 Å². The average molecular weight is 250 g/mol. The maximum atomic E-state index is 8.92. The van der Waals surface area contributed by atoms with E-state index in [0.29, 0.717) is 13.2 Å². The highest BCUT2D eigenvalue weighted by Crippen LogP contribution is 1.97. The van der Waals surface area contributed by atoms with Crippen LogP contribution >= 0.6 is 0 Å². The third kappa shape index (κ3) is 21.6. The predicted molar refractivity (Wildman–Crippen MR) is 70.1 cm³/mol. The number of rotatable bonds is 7. The summed E-state index contributed by atoms with van der Waals surface area (Å²) in [6, 6.07) is 0. The van der Waals surface area contributed by atoms with Gasteiger partial charge in [0.2, 0.25) is 0 Å². The summed E-state index contributed by atoms with van der Waals surface area (Å²) >= 11 is 0. The molecule has 0 aliphatic heterocycles. The van der Waals surface area contributed by atoms with Crippen molar-refractivity contribution in [1.29, 1.82) is 0 Å². The van der Waals surface area contributed by atoms with Crippen molar-refractivity contribution in [2.24, 2.45) is 5.92 Å². The zero-order valence-electron chi connectivity index (χ0n) is 12.1. The summed E-state index contributed by atoms with van der Waals surface area (Å²) in [5, 5.41) is 17.6. The second-order valence-corrected chi connectivity index (χ2v) is 5.05. The molecule has 0 aromatic rings. The Morgan fingerprint density at radius 2 is 1.24 bits per heavy atom. The molecule has 4 nitrogen and oxygen atoms in total. The van der Waals surface area contributed by atoms with Crippen molar-refractivity contribution in [3.05, 3.63) is 0 Å². The van der Waals surface area contributed by atoms with Crippen LogP contribution in [0.1, 0.15) is 41.5 Å². The molecule has 0 radical (unpaired) electrons. The van der Waals surface area contributed by atoms with E-state index < -0.39 is 6.10 Å². The molecule has 0 aromatic heterocycles.